The molecule has 0 amide bonds. The fraction of sp³-hybridized carbons (Fsp3) is 0.412. The highest BCUT2D eigenvalue weighted by Gasteiger charge is 2.29. The second kappa shape index (κ2) is 57.0. The Morgan fingerprint density at radius 3 is 0.617 bits per heavy atom. The Labute approximate surface area is 870 Å². The van der Waals surface area contributed by atoms with Crippen molar-refractivity contribution in [1.82, 2.24) is 19.6 Å². The Hall–Kier alpha value is -4.21. The maximum absolute atomic E-state index is 13.6. The van der Waals surface area contributed by atoms with Gasteiger partial charge < -0.3 is 60.8 Å². The second-order valence-electron chi connectivity index (χ2n) is 30.6. The number of furan rings is 4. The number of ketones is 4. The van der Waals surface area contributed by atoms with Crippen LogP contribution in [0.15, 0.2) is 163 Å². The number of hydrogen-bond donors (Lipinski definition) is 0. The van der Waals surface area contributed by atoms with Crippen molar-refractivity contribution in [2.75, 3.05) is 117 Å². The SMILES string of the molecule is CCCCc1oc2ccccc2c1C(=O)c1cc(I)c(OCCN(CC)CC)c(I)c1.CCCCc1oc2ccccc2c1C(=O)c1cc(I)c(OCCN(CC)CC)c(I)c1.CCCCc1oc2ccccc2c1C(=O)c1cc(I)c(OCCN(CC)CC)c(I)c1.CCCCc1oc2ccccc2c1C(=O)c1cc(I)c(OCCN(CC)CC)c(I)c1.C[S+](C)[O-]. The van der Waals surface area contributed by atoms with Gasteiger partial charge >= 0.3 is 0 Å². The van der Waals surface area contributed by atoms with E-state index in [9.17, 15) is 23.7 Å². The molecule has 0 aliphatic carbocycles. The molecule has 26 heteroatoms. The number of fused-ring (bicyclic) bond motifs is 4. The molecular weight excluding hydrogens is 2540 g/mol. The van der Waals surface area contributed by atoms with Gasteiger partial charge in [-0.3, -0.25) is 19.2 Å². The van der Waals surface area contributed by atoms with Gasteiger partial charge in [-0.05, 0) is 332 Å². The summed E-state index contributed by atoms with van der Waals surface area (Å²) in [6.07, 6.45) is 14.6. The minimum atomic E-state index is -0.611. The minimum absolute atomic E-state index is 0.0153. The molecule has 17 nitrogen and oxygen atoms in total. The van der Waals surface area contributed by atoms with Crippen LogP contribution in [0.5, 0.6) is 23.0 Å². The van der Waals surface area contributed by atoms with E-state index in [2.05, 4.69) is 283 Å². The molecule has 0 bridgehead atoms. The number of para-hydroxylation sites is 4. The first kappa shape index (κ1) is 109. The third kappa shape index (κ3) is 30.9. The third-order valence-electron chi connectivity index (χ3n) is 21.8. The average Bonchev–Trinajstić information content (AvgIpc) is 1.63. The molecule has 4 aromatic heterocycles. The molecule has 0 aliphatic heterocycles. The highest BCUT2D eigenvalue weighted by Crippen LogP contribution is 2.40. The average molecular weight is 2660 g/mol. The van der Waals surface area contributed by atoms with Crippen molar-refractivity contribution < 1.29 is 60.3 Å². The van der Waals surface area contributed by atoms with E-state index < -0.39 is 11.2 Å². The van der Waals surface area contributed by atoms with Crippen LogP contribution in [0.25, 0.3) is 43.9 Å². The second-order valence-corrected chi connectivity index (χ2v) is 41.4. The summed E-state index contributed by atoms with van der Waals surface area (Å²) in [6, 6.07) is 46.7. The van der Waals surface area contributed by atoms with Crippen molar-refractivity contribution >= 4 is 259 Å². The van der Waals surface area contributed by atoms with Gasteiger partial charge in [0.1, 0.15) is 94.8 Å². The minimum Gasteiger partial charge on any atom is -0.617 e. The molecule has 0 radical (unpaired) electrons. The van der Waals surface area contributed by atoms with Crippen LogP contribution < -0.4 is 18.9 Å². The van der Waals surface area contributed by atoms with Crippen LogP contribution in [0.3, 0.4) is 0 Å². The summed E-state index contributed by atoms with van der Waals surface area (Å²) in [4.78, 5) is 63.7. The van der Waals surface area contributed by atoms with E-state index in [0.717, 1.165) is 274 Å². The normalized spacial score (nSPS) is 11.3. The number of ether oxygens (including phenoxy) is 4. The van der Waals surface area contributed by atoms with Gasteiger partial charge in [-0.25, -0.2) is 0 Å². The maximum atomic E-state index is 13.6. The number of benzene rings is 8. The highest BCUT2D eigenvalue weighted by molar-refractivity contribution is 14.1. The number of carbonyl (C=O) groups excluding carboxylic acids is 4. The van der Waals surface area contributed by atoms with Crippen molar-refractivity contribution in [3.05, 3.63) is 242 Å². The summed E-state index contributed by atoms with van der Waals surface area (Å²) < 4.78 is 65.8. The first-order chi connectivity index (χ1) is 61.7. The predicted octanol–water partition coefficient (Wildman–Crippen LogP) is 27.7. The van der Waals surface area contributed by atoms with Gasteiger partial charge in [0.05, 0.1) is 63.3 Å². The standard InChI is InChI=1S/4C25H29I2NO3.C2H6OS/c4*1-4-7-11-22-23(18-10-8-9-12-21(18)31-22)24(29)17-15-19(26)25(20(27)16-17)30-14-13-28(5-2)6-3;1-4(2)3/h4*8-10,12,15-16H,4-7,11,13-14H2,1-3H3;1-2H3. The summed E-state index contributed by atoms with van der Waals surface area (Å²) in [6.45, 7) is 40.1. The van der Waals surface area contributed by atoms with Gasteiger partial charge in [-0.2, -0.15) is 0 Å². The quantitative estimate of drug-likeness (QED) is 0.0199. The molecule has 12 rings (SSSR count). The van der Waals surface area contributed by atoms with Crippen LogP contribution in [0.2, 0.25) is 0 Å². The van der Waals surface area contributed by atoms with Crippen LogP contribution in [0, 0.1) is 28.6 Å². The van der Waals surface area contributed by atoms with E-state index in [1.165, 1.54) is 0 Å². The molecule has 8 aromatic carbocycles. The number of likely N-dealkylation sites (N-methyl/N-ethyl adjacent to an activating group) is 4. The zero-order valence-corrected chi connectivity index (χ0v) is 94.3. The van der Waals surface area contributed by atoms with Crippen LogP contribution in [-0.4, -0.2) is 165 Å². The van der Waals surface area contributed by atoms with E-state index >= 15 is 0 Å². The molecule has 12 aromatic rings. The number of nitrogens with zero attached hydrogens (tertiary/aromatic N) is 4. The smallest absolute Gasteiger partial charge is 0.197 e. The summed E-state index contributed by atoms with van der Waals surface area (Å²) >= 11 is 17.5. The lowest BCUT2D eigenvalue weighted by atomic mass is 9.98. The van der Waals surface area contributed by atoms with Gasteiger partial charge in [-0.15, -0.1) is 0 Å². The fourth-order valence-corrected chi connectivity index (χ4v) is 22.9. The molecule has 690 valence electrons. The summed E-state index contributed by atoms with van der Waals surface area (Å²) in [7, 11) is 0. The molecule has 0 saturated heterocycles. The van der Waals surface area contributed by atoms with Gasteiger partial charge in [0.2, 0.25) is 0 Å². The monoisotopic (exact) mass is 2660 g/mol. The van der Waals surface area contributed by atoms with Gasteiger partial charge in [0.25, 0.3) is 0 Å². The molecule has 0 unspecified atom stereocenters. The van der Waals surface area contributed by atoms with E-state index in [-0.39, 0.29) is 23.1 Å². The van der Waals surface area contributed by atoms with Crippen LogP contribution >= 0.6 is 181 Å². The highest BCUT2D eigenvalue weighted by atomic mass is 127. The molecule has 0 N–H and O–H groups in total. The molecule has 0 fully saturated rings. The lowest BCUT2D eigenvalue weighted by Gasteiger charge is -2.19. The summed E-state index contributed by atoms with van der Waals surface area (Å²) in [5.74, 6) is 6.64. The van der Waals surface area contributed by atoms with Gasteiger partial charge in [0, 0.05) is 95.7 Å². The van der Waals surface area contributed by atoms with Crippen molar-refractivity contribution in [2.45, 2.75) is 160 Å². The summed E-state index contributed by atoms with van der Waals surface area (Å²) in [5, 5.41) is 3.57. The molecule has 0 aliphatic rings. The van der Waals surface area contributed by atoms with Crippen molar-refractivity contribution in [3.63, 3.8) is 0 Å². The zero-order chi connectivity index (χ0) is 93.1. The lowest BCUT2D eigenvalue weighted by molar-refractivity contribution is 0.103. The van der Waals surface area contributed by atoms with E-state index in [4.69, 9.17) is 36.6 Å². The number of halogens is 8. The van der Waals surface area contributed by atoms with Crippen molar-refractivity contribution in [2.24, 2.45) is 0 Å². The Morgan fingerprint density at radius 1 is 0.297 bits per heavy atom. The Morgan fingerprint density at radius 2 is 0.461 bits per heavy atom. The molecule has 128 heavy (non-hydrogen) atoms. The molecule has 0 saturated carbocycles. The van der Waals surface area contributed by atoms with Crippen molar-refractivity contribution in [1.29, 1.82) is 0 Å². The Balaban J connectivity index is 0.000000208. The predicted molar refractivity (Wildman–Crippen MR) is 594 cm³/mol. The number of rotatable bonds is 44. The van der Waals surface area contributed by atoms with E-state index in [1.807, 2.05) is 146 Å². The number of aryl methyl sites for hydroxylation is 4. The van der Waals surface area contributed by atoms with E-state index in [0.29, 0.717) is 70.9 Å². The first-order valence-corrected chi connectivity index (χ1v) is 55.1. The fourth-order valence-electron chi connectivity index (χ4n) is 14.6. The number of hydrogen-bond acceptors (Lipinski definition) is 17. The van der Waals surface area contributed by atoms with Crippen LogP contribution in [0.4, 0.5) is 0 Å². The maximum Gasteiger partial charge on any atom is 0.197 e. The van der Waals surface area contributed by atoms with Crippen LogP contribution in [0.1, 0.15) is 221 Å². The number of unbranched alkanes of at least 4 members (excludes halogenated alkanes) is 4. The molecule has 4 heterocycles. The van der Waals surface area contributed by atoms with E-state index in [1.54, 1.807) is 12.5 Å². The Kier molecular flexibility index (Phi) is 48.6. The lowest BCUT2D eigenvalue weighted by Crippen LogP contribution is -2.28. The van der Waals surface area contributed by atoms with Crippen LogP contribution in [-0.2, 0) is 36.9 Å². The molecule has 0 spiro atoms. The Bertz CT molecular complexity index is 4810. The topological polar surface area (TPSA) is 194 Å². The molecule has 0 atom stereocenters. The first-order valence-electron chi connectivity index (χ1n) is 44.5. The van der Waals surface area contributed by atoms with Gasteiger partial charge in [0.15, 0.2) is 23.1 Å². The molecular formula is C102H122I8N4O13S. The summed E-state index contributed by atoms with van der Waals surface area (Å²) in [5.41, 5.74) is 8.60. The van der Waals surface area contributed by atoms with Gasteiger partial charge in [-0.1, -0.05) is 193 Å². The largest absolute Gasteiger partial charge is 0.617 e. The van der Waals surface area contributed by atoms with Crippen molar-refractivity contribution in [3.8, 4) is 23.0 Å². The zero-order valence-electron chi connectivity index (χ0n) is 76.2. The third-order valence-corrected chi connectivity index (χ3v) is 28.3. The number of carbonyl (C=O) groups is 4.